The van der Waals surface area contributed by atoms with Gasteiger partial charge in [-0.15, -0.1) is 5.10 Å². The van der Waals surface area contributed by atoms with Crippen LogP contribution in [0, 0.1) is 0 Å². The Labute approximate surface area is 58.5 Å². The molecule has 0 radical (unpaired) electrons. The second kappa shape index (κ2) is 3.28. The van der Waals surface area contributed by atoms with Gasteiger partial charge in [0.1, 0.15) is 0 Å². The predicted molar refractivity (Wildman–Crippen MR) is 35.0 cm³/mol. The van der Waals surface area contributed by atoms with Gasteiger partial charge in [0.2, 0.25) is 0 Å². The molecule has 0 unspecified atom stereocenters. The van der Waals surface area contributed by atoms with Gasteiger partial charge in [0.15, 0.2) is 0 Å². The highest BCUT2D eigenvalue weighted by atomic mass is 16.3. The molecule has 0 fully saturated rings. The van der Waals surface area contributed by atoms with Gasteiger partial charge in [-0.2, -0.15) is 0 Å². The first-order valence-electron chi connectivity index (χ1n) is 3.06. The normalized spacial score (nSPS) is 10.2. The maximum absolute atomic E-state index is 8.53. The summed E-state index contributed by atoms with van der Waals surface area (Å²) < 4.78 is 1.58. The Morgan fingerprint density at radius 3 is 3.10 bits per heavy atom. The molecule has 5 heteroatoms. The Balaban J connectivity index is 2.70. The van der Waals surface area contributed by atoms with Crippen molar-refractivity contribution in [1.29, 1.82) is 0 Å². The fourth-order valence-corrected chi connectivity index (χ4v) is 0.720. The van der Waals surface area contributed by atoms with Gasteiger partial charge >= 0.3 is 0 Å². The van der Waals surface area contributed by atoms with E-state index in [0.717, 1.165) is 5.69 Å². The lowest BCUT2D eigenvalue weighted by molar-refractivity contribution is 0.266. The second-order valence-corrected chi connectivity index (χ2v) is 1.88. The number of nitrogens with zero attached hydrogens (tertiary/aromatic N) is 3. The van der Waals surface area contributed by atoms with Crippen molar-refractivity contribution in [2.45, 2.75) is 13.1 Å². The second-order valence-electron chi connectivity index (χ2n) is 1.88. The number of aliphatic hydroxyl groups excluding tert-OH is 1. The summed E-state index contributed by atoms with van der Waals surface area (Å²) in [6.07, 6.45) is 1.59. The number of hydrogen-bond acceptors (Lipinski definition) is 4. The van der Waals surface area contributed by atoms with Crippen molar-refractivity contribution in [3.05, 3.63) is 11.9 Å². The summed E-state index contributed by atoms with van der Waals surface area (Å²) in [5.74, 6) is 0. The van der Waals surface area contributed by atoms with Crippen molar-refractivity contribution in [2.75, 3.05) is 6.61 Å². The molecule has 1 heterocycles. The molecule has 0 aliphatic carbocycles. The molecule has 5 nitrogen and oxygen atoms in total. The molecular formula is C5H10N4O. The van der Waals surface area contributed by atoms with Gasteiger partial charge in [-0.1, -0.05) is 5.21 Å². The van der Waals surface area contributed by atoms with Crippen LogP contribution in [-0.4, -0.2) is 26.7 Å². The summed E-state index contributed by atoms with van der Waals surface area (Å²) in [5.41, 5.74) is 6.18. The molecule has 0 aliphatic heterocycles. The summed E-state index contributed by atoms with van der Waals surface area (Å²) in [6, 6.07) is 0. The molecule has 10 heavy (non-hydrogen) atoms. The first-order chi connectivity index (χ1) is 4.88. The number of hydrogen-bond donors (Lipinski definition) is 2. The minimum Gasteiger partial charge on any atom is -0.394 e. The summed E-state index contributed by atoms with van der Waals surface area (Å²) in [7, 11) is 0. The highest BCUT2D eigenvalue weighted by molar-refractivity contribution is 4.91. The SMILES string of the molecule is NCc1cnnn1CCO. The van der Waals surface area contributed by atoms with Crippen molar-refractivity contribution >= 4 is 0 Å². The van der Waals surface area contributed by atoms with Gasteiger partial charge in [0.05, 0.1) is 25.0 Å². The smallest absolute Gasteiger partial charge is 0.0738 e. The van der Waals surface area contributed by atoms with E-state index in [2.05, 4.69) is 10.3 Å². The van der Waals surface area contributed by atoms with Crippen LogP contribution in [0.2, 0.25) is 0 Å². The maximum atomic E-state index is 8.53. The fourth-order valence-electron chi connectivity index (χ4n) is 0.720. The molecule has 0 atom stereocenters. The predicted octanol–water partition coefficient (Wildman–Crippen LogP) is -1.27. The highest BCUT2D eigenvalue weighted by Crippen LogP contribution is 1.92. The lowest BCUT2D eigenvalue weighted by Gasteiger charge is -1.99. The molecule has 1 rings (SSSR count). The van der Waals surface area contributed by atoms with E-state index in [1.807, 2.05) is 0 Å². The zero-order valence-electron chi connectivity index (χ0n) is 5.56. The van der Waals surface area contributed by atoms with Crippen LogP contribution in [-0.2, 0) is 13.1 Å². The number of aliphatic hydroxyl groups is 1. The molecule has 0 amide bonds. The number of aromatic nitrogens is 3. The third kappa shape index (κ3) is 1.31. The van der Waals surface area contributed by atoms with Gasteiger partial charge in [-0.25, -0.2) is 4.68 Å². The van der Waals surface area contributed by atoms with Crippen molar-refractivity contribution in [1.82, 2.24) is 15.0 Å². The van der Waals surface area contributed by atoms with E-state index < -0.39 is 0 Å². The van der Waals surface area contributed by atoms with Crippen LogP contribution in [0.3, 0.4) is 0 Å². The monoisotopic (exact) mass is 142 g/mol. The third-order valence-corrected chi connectivity index (χ3v) is 1.22. The van der Waals surface area contributed by atoms with Crippen molar-refractivity contribution in [3.8, 4) is 0 Å². The van der Waals surface area contributed by atoms with Crippen molar-refractivity contribution in [3.63, 3.8) is 0 Å². The Kier molecular flexibility index (Phi) is 2.35. The van der Waals surface area contributed by atoms with Crippen LogP contribution in [0.25, 0.3) is 0 Å². The standard InChI is InChI=1S/C5H10N4O/c6-3-5-4-7-8-9(5)1-2-10/h4,10H,1-3,6H2. The van der Waals surface area contributed by atoms with Crippen LogP contribution < -0.4 is 5.73 Å². The van der Waals surface area contributed by atoms with Crippen LogP contribution in [0.1, 0.15) is 5.69 Å². The third-order valence-electron chi connectivity index (χ3n) is 1.22. The average molecular weight is 142 g/mol. The largest absolute Gasteiger partial charge is 0.394 e. The average Bonchev–Trinajstić information content (AvgIpc) is 2.36. The molecule has 0 aromatic carbocycles. The van der Waals surface area contributed by atoms with Gasteiger partial charge in [-0.05, 0) is 0 Å². The molecule has 1 aromatic heterocycles. The van der Waals surface area contributed by atoms with Gasteiger partial charge in [-0.3, -0.25) is 0 Å². The van der Waals surface area contributed by atoms with Crippen molar-refractivity contribution in [2.24, 2.45) is 5.73 Å². The fraction of sp³-hybridized carbons (Fsp3) is 0.600. The van der Waals surface area contributed by atoms with E-state index in [9.17, 15) is 0 Å². The van der Waals surface area contributed by atoms with E-state index in [0.29, 0.717) is 13.1 Å². The Bertz CT molecular complexity index is 197. The Morgan fingerprint density at radius 1 is 1.70 bits per heavy atom. The Hall–Kier alpha value is -0.940. The quantitative estimate of drug-likeness (QED) is 0.551. The van der Waals surface area contributed by atoms with Crippen LogP contribution in [0.15, 0.2) is 6.20 Å². The zero-order valence-corrected chi connectivity index (χ0v) is 5.56. The molecular weight excluding hydrogens is 132 g/mol. The highest BCUT2D eigenvalue weighted by Gasteiger charge is 1.98. The number of rotatable bonds is 3. The van der Waals surface area contributed by atoms with Gasteiger partial charge < -0.3 is 10.8 Å². The van der Waals surface area contributed by atoms with E-state index in [-0.39, 0.29) is 6.61 Å². The van der Waals surface area contributed by atoms with Crippen LogP contribution >= 0.6 is 0 Å². The minimum atomic E-state index is 0.0658. The van der Waals surface area contributed by atoms with Gasteiger partial charge in [0.25, 0.3) is 0 Å². The molecule has 3 N–H and O–H groups in total. The molecule has 0 bridgehead atoms. The van der Waals surface area contributed by atoms with Crippen LogP contribution in [0.5, 0.6) is 0 Å². The first-order valence-corrected chi connectivity index (χ1v) is 3.06. The molecule has 1 aromatic rings. The molecule has 0 spiro atoms. The summed E-state index contributed by atoms with van der Waals surface area (Å²) >= 11 is 0. The topological polar surface area (TPSA) is 77.0 Å². The maximum Gasteiger partial charge on any atom is 0.0738 e. The summed E-state index contributed by atoms with van der Waals surface area (Å²) in [5, 5.41) is 15.9. The number of nitrogens with two attached hydrogens (primary N) is 1. The molecule has 0 saturated carbocycles. The minimum absolute atomic E-state index is 0.0658. The lowest BCUT2D eigenvalue weighted by atomic mass is 10.5. The molecule has 0 aliphatic rings. The zero-order chi connectivity index (χ0) is 7.40. The summed E-state index contributed by atoms with van der Waals surface area (Å²) in [6.45, 7) is 0.940. The van der Waals surface area contributed by atoms with E-state index in [1.54, 1.807) is 10.9 Å². The van der Waals surface area contributed by atoms with Crippen LogP contribution in [0.4, 0.5) is 0 Å². The van der Waals surface area contributed by atoms with E-state index >= 15 is 0 Å². The first kappa shape index (κ1) is 7.17. The van der Waals surface area contributed by atoms with Crippen molar-refractivity contribution < 1.29 is 5.11 Å². The summed E-state index contributed by atoms with van der Waals surface area (Å²) in [4.78, 5) is 0. The van der Waals surface area contributed by atoms with Gasteiger partial charge in [0, 0.05) is 6.54 Å². The van der Waals surface area contributed by atoms with E-state index in [1.165, 1.54) is 0 Å². The van der Waals surface area contributed by atoms with E-state index in [4.69, 9.17) is 10.8 Å². The molecule has 0 saturated heterocycles. The lowest BCUT2D eigenvalue weighted by Crippen LogP contribution is -2.10. The Morgan fingerprint density at radius 2 is 2.50 bits per heavy atom. The molecule has 56 valence electrons.